The molecule has 2 aliphatic heterocycles. The summed E-state index contributed by atoms with van der Waals surface area (Å²) < 4.78 is 7.31. The quantitative estimate of drug-likeness (QED) is 0.474. The van der Waals surface area contributed by atoms with E-state index >= 15 is 0 Å². The zero-order chi connectivity index (χ0) is 16.8. The summed E-state index contributed by atoms with van der Waals surface area (Å²) in [5.74, 6) is 4.37. The van der Waals surface area contributed by atoms with E-state index in [1.165, 1.54) is 20.4 Å². The molecule has 5 rings (SSSR count). The lowest BCUT2D eigenvalue weighted by molar-refractivity contribution is 0.240. The SMILES string of the molecule is Ic1ccc2c(c1)[C@@H]1C=CC[C@@H]1[C@H](c1ccc(OC3CSC3)cc1)N2. The molecule has 128 valence electrons. The maximum Gasteiger partial charge on any atom is 0.119 e. The van der Waals surface area contributed by atoms with Crippen LogP contribution in [0.4, 0.5) is 5.69 Å². The molecular formula is C21H20INOS. The van der Waals surface area contributed by atoms with Crippen molar-refractivity contribution in [2.24, 2.45) is 5.92 Å². The molecule has 1 aliphatic carbocycles. The number of hydrogen-bond donors (Lipinski definition) is 1. The van der Waals surface area contributed by atoms with Crippen molar-refractivity contribution in [3.05, 3.63) is 69.3 Å². The molecule has 0 aromatic heterocycles. The number of allylic oxidation sites excluding steroid dienone is 2. The normalized spacial score (nSPS) is 27.2. The van der Waals surface area contributed by atoms with Gasteiger partial charge in [-0.2, -0.15) is 11.8 Å². The molecule has 1 saturated heterocycles. The molecule has 2 aromatic rings. The largest absolute Gasteiger partial charge is 0.489 e. The van der Waals surface area contributed by atoms with Crippen LogP contribution in [0.5, 0.6) is 5.75 Å². The highest BCUT2D eigenvalue weighted by molar-refractivity contribution is 14.1. The van der Waals surface area contributed by atoms with Gasteiger partial charge in [-0.25, -0.2) is 0 Å². The molecule has 2 aromatic carbocycles. The molecular weight excluding hydrogens is 441 g/mol. The molecule has 4 heteroatoms. The number of benzene rings is 2. The van der Waals surface area contributed by atoms with Crippen LogP contribution in [0.3, 0.4) is 0 Å². The van der Waals surface area contributed by atoms with E-state index in [-0.39, 0.29) is 0 Å². The number of rotatable bonds is 3. The summed E-state index contributed by atoms with van der Waals surface area (Å²) in [4.78, 5) is 0. The molecule has 3 aliphatic rings. The Morgan fingerprint density at radius 3 is 2.68 bits per heavy atom. The fraction of sp³-hybridized carbons (Fsp3) is 0.333. The van der Waals surface area contributed by atoms with Crippen molar-refractivity contribution in [1.29, 1.82) is 0 Å². The average molecular weight is 461 g/mol. The van der Waals surface area contributed by atoms with E-state index < -0.39 is 0 Å². The van der Waals surface area contributed by atoms with Crippen molar-refractivity contribution >= 4 is 40.0 Å². The van der Waals surface area contributed by atoms with E-state index in [9.17, 15) is 0 Å². The average Bonchev–Trinajstić information content (AvgIpc) is 3.08. The summed E-state index contributed by atoms with van der Waals surface area (Å²) in [6.07, 6.45) is 6.30. The third-order valence-corrected chi connectivity index (χ3v) is 7.36. The number of hydrogen-bond acceptors (Lipinski definition) is 3. The summed E-state index contributed by atoms with van der Waals surface area (Å²) in [5, 5.41) is 3.81. The Morgan fingerprint density at radius 2 is 1.92 bits per heavy atom. The smallest absolute Gasteiger partial charge is 0.119 e. The van der Waals surface area contributed by atoms with E-state index in [4.69, 9.17) is 4.74 Å². The standard InChI is InChI=1S/C21H20INOS/c22-14-6-9-20-19(10-14)17-2-1-3-18(17)21(23-20)13-4-7-15(8-5-13)24-16-11-25-12-16/h1-2,4-10,16-18,21,23H,3,11-12H2/t17-,18+,21+/m1/s1. The van der Waals surface area contributed by atoms with E-state index in [2.05, 4.69) is 82.5 Å². The van der Waals surface area contributed by atoms with Crippen LogP contribution < -0.4 is 10.1 Å². The number of halogens is 1. The van der Waals surface area contributed by atoms with Crippen LogP contribution in [0.25, 0.3) is 0 Å². The maximum absolute atomic E-state index is 5.99. The lowest BCUT2D eigenvalue weighted by Crippen LogP contribution is -2.31. The van der Waals surface area contributed by atoms with Gasteiger partial charge >= 0.3 is 0 Å². The predicted octanol–water partition coefficient (Wildman–Crippen LogP) is 5.61. The second kappa shape index (κ2) is 6.54. The highest BCUT2D eigenvalue weighted by Crippen LogP contribution is 2.50. The first-order valence-corrected chi connectivity index (χ1v) is 11.1. The van der Waals surface area contributed by atoms with E-state index in [1.54, 1.807) is 0 Å². The minimum Gasteiger partial charge on any atom is -0.489 e. The van der Waals surface area contributed by atoms with Crippen LogP contribution in [-0.2, 0) is 0 Å². The molecule has 0 unspecified atom stereocenters. The first-order valence-electron chi connectivity index (χ1n) is 8.85. The van der Waals surface area contributed by atoms with Crippen molar-refractivity contribution in [2.45, 2.75) is 24.5 Å². The third kappa shape index (κ3) is 2.97. The molecule has 0 radical (unpaired) electrons. The Kier molecular flexibility index (Phi) is 4.20. The van der Waals surface area contributed by atoms with Crippen molar-refractivity contribution < 1.29 is 4.74 Å². The molecule has 3 atom stereocenters. The summed E-state index contributed by atoms with van der Waals surface area (Å²) in [6, 6.07) is 15.9. The topological polar surface area (TPSA) is 21.3 Å². The van der Waals surface area contributed by atoms with Crippen LogP contribution in [0, 0.1) is 9.49 Å². The van der Waals surface area contributed by atoms with E-state index in [0.29, 0.717) is 24.0 Å². The number of fused-ring (bicyclic) bond motifs is 3. The molecule has 2 heterocycles. The van der Waals surface area contributed by atoms with Crippen molar-refractivity contribution in [3.8, 4) is 5.75 Å². The minimum atomic E-state index is 0.362. The van der Waals surface area contributed by atoms with Gasteiger partial charge in [-0.15, -0.1) is 0 Å². The number of nitrogens with one attached hydrogen (secondary N) is 1. The van der Waals surface area contributed by atoms with Gasteiger partial charge in [0.05, 0.1) is 6.04 Å². The van der Waals surface area contributed by atoms with Crippen LogP contribution >= 0.6 is 34.4 Å². The summed E-state index contributed by atoms with van der Waals surface area (Å²) >= 11 is 4.36. The van der Waals surface area contributed by atoms with Gasteiger partial charge < -0.3 is 10.1 Å². The first-order chi connectivity index (χ1) is 12.3. The van der Waals surface area contributed by atoms with Crippen LogP contribution in [-0.4, -0.2) is 17.6 Å². The monoisotopic (exact) mass is 461 g/mol. The molecule has 0 spiro atoms. The number of ether oxygens (including phenoxy) is 1. The molecule has 1 fully saturated rings. The van der Waals surface area contributed by atoms with Crippen molar-refractivity contribution in [1.82, 2.24) is 0 Å². The van der Waals surface area contributed by atoms with Gasteiger partial charge in [-0.1, -0.05) is 24.3 Å². The maximum atomic E-state index is 5.99. The lowest BCUT2D eigenvalue weighted by Gasteiger charge is -2.37. The Balaban J connectivity index is 1.42. The first kappa shape index (κ1) is 16.1. The Bertz CT molecular complexity index is 815. The Hall–Kier alpha value is -1.14. The fourth-order valence-corrected chi connectivity index (χ4v) is 5.20. The lowest BCUT2D eigenvalue weighted by atomic mass is 9.77. The van der Waals surface area contributed by atoms with E-state index in [1.807, 2.05) is 11.8 Å². The molecule has 2 nitrogen and oxygen atoms in total. The molecule has 0 saturated carbocycles. The van der Waals surface area contributed by atoms with Gasteiger partial charge in [0.25, 0.3) is 0 Å². The summed E-state index contributed by atoms with van der Waals surface area (Å²) in [5.41, 5.74) is 4.09. The van der Waals surface area contributed by atoms with E-state index in [0.717, 1.165) is 23.7 Å². The minimum absolute atomic E-state index is 0.362. The predicted molar refractivity (Wildman–Crippen MR) is 114 cm³/mol. The summed E-state index contributed by atoms with van der Waals surface area (Å²) in [6.45, 7) is 0. The van der Waals surface area contributed by atoms with Gasteiger partial charge in [-0.05, 0) is 76.4 Å². The van der Waals surface area contributed by atoms with Gasteiger partial charge in [0.1, 0.15) is 11.9 Å². The zero-order valence-electron chi connectivity index (χ0n) is 13.8. The second-order valence-electron chi connectivity index (χ2n) is 7.05. The molecule has 0 bridgehead atoms. The molecule has 25 heavy (non-hydrogen) atoms. The third-order valence-electron chi connectivity index (χ3n) is 5.47. The van der Waals surface area contributed by atoms with Gasteiger partial charge in [0.2, 0.25) is 0 Å². The Labute approximate surface area is 166 Å². The summed E-state index contributed by atoms with van der Waals surface area (Å²) in [7, 11) is 0. The van der Waals surface area contributed by atoms with Gasteiger partial charge in [0, 0.05) is 26.7 Å². The highest BCUT2D eigenvalue weighted by Gasteiger charge is 2.37. The second-order valence-corrected chi connectivity index (χ2v) is 9.37. The van der Waals surface area contributed by atoms with Crippen molar-refractivity contribution in [3.63, 3.8) is 0 Å². The number of anilines is 1. The fourth-order valence-electron chi connectivity index (χ4n) is 4.12. The Morgan fingerprint density at radius 1 is 1.08 bits per heavy atom. The van der Waals surface area contributed by atoms with Gasteiger partial charge in [-0.3, -0.25) is 0 Å². The van der Waals surface area contributed by atoms with Crippen LogP contribution in [0.15, 0.2) is 54.6 Å². The molecule has 1 N–H and O–H groups in total. The number of thioether (sulfide) groups is 1. The van der Waals surface area contributed by atoms with Crippen LogP contribution in [0.2, 0.25) is 0 Å². The van der Waals surface area contributed by atoms with Crippen LogP contribution in [0.1, 0.15) is 29.5 Å². The van der Waals surface area contributed by atoms with Gasteiger partial charge in [0.15, 0.2) is 0 Å². The van der Waals surface area contributed by atoms with Crippen molar-refractivity contribution in [2.75, 3.05) is 16.8 Å². The molecule has 0 amide bonds. The zero-order valence-corrected chi connectivity index (χ0v) is 16.8. The highest BCUT2D eigenvalue weighted by atomic mass is 127.